The Morgan fingerprint density at radius 3 is 2.02 bits per heavy atom. The van der Waals surface area contributed by atoms with Gasteiger partial charge in [0.05, 0.1) is 6.04 Å². The number of cyclic esters (lactones) is 1. The minimum atomic E-state index is -1.39. The molecule has 1 saturated heterocycles. The van der Waals surface area contributed by atoms with Crippen molar-refractivity contribution in [3.8, 4) is 11.5 Å². The molecule has 42 heavy (non-hydrogen) atoms. The first kappa shape index (κ1) is 28.9. The molecule has 3 atom stereocenters. The topological polar surface area (TPSA) is 85.3 Å². The lowest BCUT2D eigenvalue weighted by Gasteiger charge is -2.28. The summed E-state index contributed by atoms with van der Waals surface area (Å²) in [7, 11) is 0. The summed E-state index contributed by atoms with van der Waals surface area (Å²) >= 11 is 0. The molecule has 4 aromatic carbocycles. The van der Waals surface area contributed by atoms with Crippen molar-refractivity contribution >= 4 is 12.0 Å². The maximum atomic E-state index is 14.0. The summed E-state index contributed by atoms with van der Waals surface area (Å²) in [4.78, 5) is 27.9. The van der Waals surface area contributed by atoms with Gasteiger partial charge in [-0.05, 0) is 58.9 Å². The van der Waals surface area contributed by atoms with Gasteiger partial charge in [0.1, 0.15) is 30.8 Å². The number of ether oxygens (including phenoxy) is 3. The average molecular weight is 566 g/mol. The van der Waals surface area contributed by atoms with Crippen LogP contribution in [0.2, 0.25) is 0 Å². The van der Waals surface area contributed by atoms with Crippen LogP contribution in [-0.2, 0) is 22.6 Å². The van der Waals surface area contributed by atoms with Gasteiger partial charge in [0, 0.05) is 0 Å². The molecule has 1 heterocycles. The fourth-order valence-corrected chi connectivity index (χ4v) is 4.91. The molecular weight excluding hydrogens is 530 g/mol. The Morgan fingerprint density at radius 1 is 0.833 bits per heavy atom. The molecule has 1 fully saturated rings. The van der Waals surface area contributed by atoms with Gasteiger partial charge in [0.25, 0.3) is 5.91 Å². The summed E-state index contributed by atoms with van der Waals surface area (Å²) < 4.78 is 17.3. The van der Waals surface area contributed by atoms with Crippen LogP contribution in [0.5, 0.6) is 11.5 Å². The van der Waals surface area contributed by atoms with E-state index in [1.54, 1.807) is 36.4 Å². The number of amides is 2. The van der Waals surface area contributed by atoms with E-state index in [4.69, 9.17) is 14.2 Å². The second kappa shape index (κ2) is 13.4. The predicted octanol–water partition coefficient (Wildman–Crippen LogP) is 6.46. The van der Waals surface area contributed by atoms with Crippen molar-refractivity contribution in [2.75, 3.05) is 6.61 Å². The lowest BCUT2D eigenvalue weighted by Crippen LogP contribution is -2.49. The van der Waals surface area contributed by atoms with Crippen LogP contribution in [0.3, 0.4) is 0 Å². The van der Waals surface area contributed by atoms with Gasteiger partial charge in [-0.15, -0.1) is 0 Å². The molecule has 0 aliphatic carbocycles. The van der Waals surface area contributed by atoms with E-state index in [0.717, 1.165) is 21.6 Å². The number of aliphatic hydroxyl groups is 1. The molecule has 2 amide bonds. The first-order valence-electron chi connectivity index (χ1n) is 14.1. The van der Waals surface area contributed by atoms with Crippen molar-refractivity contribution in [2.24, 2.45) is 0 Å². The maximum Gasteiger partial charge on any atom is 0.417 e. The molecule has 0 bridgehead atoms. The summed E-state index contributed by atoms with van der Waals surface area (Å²) in [6.07, 6.45) is -3.08. The van der Waals surface area contributed by atoms with Crippen molar-refractivity contribution in [3.63, 3.8) is 0 Å². The Kier molecular flexibility index (Phi) is 9.19. The fourth-order valence-electron chi connectivity index (χ4n) is 4.91. The largest absolute Gasteiger partial charge is 0.489 e. The lowest BCUT2D eigenvalue weighted by atomic mass is 10.0. The highest BCUT2D eigenvalue weighted by Gasteiger charge is 2.44. The van der Waals surface area contributed by atoms with E-state index in [0.29, 0.717) is 36.0 Å². The zero-order chi connectivity index (χ0) is 29.5. The Morgan fingerprint density at radius 2 is 1.40 bits per heavy atom. The fraction of sp³-hybridized carbons (Fsp3) is 0.257. The zero-order valence-corrected chi connectivity index (χ0v) is 23.8. The van der Waals surface area contributed by atoms with E-state index in [1.165, 1.54) is 0 Å². The van der Waals surface area contributed by atoms with Crippen molar-refractivity contribution < 1.29 is 28.9 Å². The summed E-state index contributed by atoms with van der Waals surface area (Å²) in [5.74, 6) is 0.687. The Bertz CT molecular complexity index is 1460. The normalized spacial score (nSPS) is 16.1. The van der Waals surface area contributed by atoms with Crippen LogP contribution in [0.15, 0.2) is 109 Å². The minimum absolute atomic E-state index is 0.0683. The maximum absolute atomic E-state index is 14.0. The number of nitrogens with zero attached hydrogens (tertiary/aromatic N) is 1. The van der Waals surface area contributed by atoms with Gasteiger partial charge in [-0.3, -0.25) is 4.79 Å². The summed E-state index contributed by atoms with van der Waals surface area (Å²) in [5.41, 5.74) is 3.56. The van der Waals surface area contributed by atoms with E-state index in [1.807, 2.05) is 72.8 Å². The first-order chi connectivity index (χ1) is 20.4. The van der Waals surface area contributed by atoms with E-state index >= 15 is 0 Å². The highest BCUT2D eigenvalue weighted by molar-refractivity contribution is 5.96. The number of rotatable bonds is 11. The summed E-state index contributed by atoms with van der Waals surface area (Å²) in [6, 6.07) is 33.1. The molecule has 216 valence electrons. The molecule has 0 saturated carbocycles. The molecule has 7 heteroatoms. The summed E-state index contributed by atoms with van der Waals surface area (Å²) in [5, 5.41) is 11.5. The van der Waals surface area contributed by atoms with Crippen LogP contribution >= 0.6 is 0 Å². The average Bonchev–Trinajstić information content (AvgIpc) is 3.39. The second-order valence-electron chi connectivity index (χ2n) is 10.7. The van der Waals surface area contributed by atoms with Gasteiger partial charge in [-0.2, -0.15) is 0 Å². The zero-order valence-electron chi connectivity index (χ0n) is 23.8. The molecular formula is C35H35NO6. The Labute approximate surface area is 246 Å². The van der Waals surface area contributed by atoms with E-state index in [2.05, 4.69) is 13.8 Å². The third-order valence-corrected chi connectivity index (χ3v) is 7.32. The smallest absolute Gasteiger partial charge is 0.417 e. The third-order valence-electron chi connectivity index (χ3n) is 7.32. The molecule has 0 unspecified atom stereocenters. The molecule has 0 spiro atoms. The molecule has 0 radical (unpaired) electrons. The van der Waals surface area contributed by atoms with E-state index < -0.39 is 30.3 Å². The third kappa shape index (κ3) is 6.98. The first-order valence-corrected chi connectivity index (χ1v) is 14.1. The number of carbonyl (C=O) groups is 2. The number of imide groups is 1. The number of hydrogen-bond acceptors (Lipinski definition) is 6. The van der Waals surface area contributed by atoms with Crippen LogP contribution in [0.4, 0.5) is 4.79 Å². The molecule has 1 N–H and O–H groups in total. The van der Waals surface area contributed by atoms with Crippen LogP contribution in [0.25, 0.3) is 0 Å². The molecule has 1 aliphatic rings. The van der Waals surface area contributed by atoms with Crippen molar-refractivity contribution in [3.05, 3.63) is 131 Å². The minimum Gasteiger partial charge on any atom is -0.489 e. The van der Waals surface area contributed by atoms with Gasteiger partial charge in [0.2, 0.25) is 6.10 Å². The monoisotopic (exact) mass is 565 g/mol. The second-order valence-corrected chi connectivity index (χ2v) is 10.7. The molecule has 5 rings (SSSR count). The Hall–Kier alpha value is -4.62. The van der Waals surface area contributed by atoms with Gasteiger partial charge in [-0.25, -0.2) is 9.69 Å². The van der Waals surface area contributed by atoms with Crippen LogP contribution in [0.1, 0.15) is 48.1 Å². The standard InChI is InChI=1S/C35H35NO6/c1-24(2)27-13-19-31(20-14-27)42-33(34(38)36-29(23-41-35(36)39)21-25-9-5-3-6-10-25)32(37)28-15-17-30(18-16-28)40-22-26-11-7-4-8-12-26/h3-20,24,29,32-33,37H,21-23H2,1-2H3/t29-,32+,33-/m0/s1. The Balaban J connectivity index is 1.38. The number of aliphatic hydroxyl groups excluding tert-OH is 1. The lowest BCUT2D eigenvalue weighted by molar-refractivity contribution is -0.142. The summed E-state index contributed by atoms with van der Waals surface area (Å²) in [6.45, 7) is 4.65. The van der Waals surface area contributed by atoms with E-state index in [9.17, 15) is 14.7 Å². The van der Waals surface area contributed by atoms with Gasteiger partial charge in [-0.1, -0.05) is 98.8 Å². The highest BCUT2D eigenvalue weighted by atomic mass is 16.6. The van der Waals surface area contributed by atoms with Gasteiger partial charge in [0.15, 0.2) is 0 Å². The van der Waals surface area contributed by atoms with Crippen molar-refractivity contribution in [1.29, 1.82) is 0 Å². The SMILES string of the molecule is CC(C)c1ccc(O[C@H](C(=O)N2C(=O)OC[C@@H]2Cc2ccccc2)[C@H](O)c2ccc(OCc3ccccc3)cc2)cc1. The number of carbonyl (C=O) groups excluding carboxylic acids is 2. The van der Waals surface area contributed by atoms with Gasteiger partial charge < -0.3 is 19.3 Å². The quantitative estimate of drug-likeness (QED) is 0.225. The molecule has 7 nitrogen and oxygen atoms in total. The van der Waals surface area contributed by atoms with Crippen LogP contribution in [-0.4, -0.2) is 40.8 Å². The highest BCUT2D eigenvalue weighted by Crippen LogP contribution is 2.29. The molecule has 4 aromatic rings. The van der Waals surface area contributed by atoms with Crippen molar-refractivity contribution in [1.82, 2.24) is 4.90 Å². The molecule has 0 aromatic heterocycles. The van der Waals surface area contributed by atoms with Crippen LogP contribution in [0, 0.1) is 0 Å². The van der Waals surface area contributed by atoms with Gasteiger partial charge >= 0.3 is 6.09 Å². The number of hydrogen-bond donors (Lipinski definition) is 1. The number of benzene rings is 4. The predicted molar refractivity (Wildman–Crippen MR) is 159 cm³/mol. The van der Waals surface area contributed by atoms with Crippen molar-refractivity contribution in [2.45, 2.75) is 51.0 Å². The molecule has 1 aliphatic heterocycles. The van der Waals surface area contributed by atoms with E-state index in [-0.39, 0.29) is 6.61 Å². The van der Waals surface area contributed by atoms with Crippen LogP contribution < -0.4 is 9.47 Å².